The fourth-order valence-corrected chi connectivity index (χ4v) is 2.58. The molecule has 1 heterocycles. The first kappa shape index (κ1) is 16.5. The largest absolute Gasteiger partial charge is 0.468 e. The molecule has 1 atom stereocenters. The van der Waals surface area contributed by atoms with E-state index in [1.54, 1.807) is 6.26 Å². The third-order valence-corrected chi connectivity index (χ3v) is 3.62. The van der Waals surface area contributed by atoms with Crippen LogP contribution in [0.5, 0.6) is 0 Å². The van der Waals surface area contributed by atoms with Gasteiger partial charge in [-0.15, -0.1) is 6.58 Å². The van der Waals surface area contributed by atoms with E-state index in [2.05, 4.69) is 42.7 Å². The Morgan fingerprint density at radius 1 is 1.27 bits per heavy atom. The molecule has 0 saturated heterocycles. The number of hydrogen-bond acceptors (Lipinski definition) is 3. The molecule has 0 aliphatic heterocycles. The molecule has 0 unspecified atom stereocenters. The summed E-state index contributed by atoms with van der Waals surface area (Å²) in [6, 6.07) is 12.3. The molecule has 3 heteroatoms. The van der Waals surface area contributed by atoms with Crippen LogP contribution in [0.3, 0.4) is 0 Å². The summed E-state index contributed by atoms with van der Waals surface area (Å²) in [5.74, 6) is 0.920. The average Bonchev–Trinajstić information content (AvgIpc) is 2.98. The summed E-state index contributed by atoms with van der Waals surface area (Å²) < 4.78 is 5.45. The van der Waals surface area contributed by atoms with Crippen LogP contribution in [0.2, 0.25) is 0 Å². The zero-order valence-corrected chi connectivity index (χ0v) is 13.2. The van der Waals surface area contributed by atoms with Crippen molar-refractivity contribution in [3.63, 3.8) is 0 Å². The number of aliphatic hydroxyl groups excluding tert-OH is 1. The van der Waals surface area contributed by atoms with Crippen LogP contribution >= 0.6 is 0 Å². The number of nitrogens with zero attached hydrogens (tertiary/aromatic N) is 1. The Bertz CT molecular complexity index is 563. The molecule has 0 radical (unpaired) electrons. The van der Waals surface area contributed by atoms with Crippen molar-refractivity contribution in [3.8, 4) is 0 Å². The van der Waals surface area contributed by atoms with Crippen LogP contribution in [0.15, 0.2) is 59.7 Å². The SMILES string of the molecule is C=CCC[C@@H](O)CN(Cc1cccc(C)c1)Cc1ccco1. The van der Waals surface area contributed by atoms with Crippen molar-refractivity contribution in [1.29, 1.82) is 0 Å². The minimum Gasteiger partial charge on any atom is -0.468 e. The zero-order valence-electron chi connectivity index (χ0n) is 13.2. The summed E-state index contributed by atoms with van der Waals surface area (Å²) in [7, 11) is 0. The third-order valence-electron chi connectivity index (χ3n) is 3.62. The molecule has 22 heavy (non-hydrogen) atoms. The number of hydrogen-bond donors (Lipinski definition) is 1. The fourth-order valence-electron chi connectivity index (χ4n) is 2.58. The van der Waals surface area contributed by atoms with Gasteiger partial charge in [0.1, 0.15) is 5.76 Å². The molecule has 1 aromatic carbocycles. The lowest BCUT2D eigenvalue weighted by Gasteiger charge is -2.24. The van der Waals surface area contributed by atoms with E-state index in [0.29, 0.717) is 13.1 Å². The zero-order chi connectivity index (χ0) is 15.8. The van der Waals surface area contributed by atoms with E-state index in [4.69, 9.17) is 4.42 Å². The van der Waals surface area contributed by atoms with Crippen molar-refractivity contribution < 1.29 is 9.52 Å². The smallest absolute Gasteiger partial charge is 0.117 e. The Balaban J connectivity index is 2.01. The third kappa shape index (κ3) is 5.51. The second kappa shape index (κ2) is 8.57. The number of rotatable bonds is 9. The molecule has 0 spiro atoms. The van der Waals surface area contributed by atoms with Crippen LogP contribution in [0.25, 0.3) is 0 Å². The first-order valence-electron chi connectivity index (χ1n) is 7.76. The van der Waals surface area contributed by atoms with Gasteiger partial charge in [0.2, 0.25) is 0 Å². The van der Waals surface area contributed by atoms with Gasteiger partial charge in [0.05, 0.1) is 18.9 Å². The first-order chi connectivity index (χ1) is 10.7. The van der Waals surface area contributed by atoms with Crippen molar-refractivity contribution in [2.24, 2.45) is 0 Å². The summed E-state index contributed by atoms with van der Waals surface area (Å²) in [6.45, 7) is 7.93. The second-order valence-corrected chi connectivity index (χ2v) is 5.76. The lowest BCUT2D eigenvalue weighted by atomic mass is 10.1. The highest BCUT2D eigenvalue weighted by atomic mass is 16.3. The van der Waals surface area contributed by atoms with Crippen LogP contribution in [0, 0.1) is 6.92 Å². The maximum absolute atomic E-state index is 10.2. The van der Waals surface area contributed by atoms with Gasteiger partial charge in [-0.3, -0.25) is 4.90 Å². The summed E-state index contributed by atoms with van der Waals surface area (Å²) in [5.41, 5.74) is 2.50. The van der Waals surface area contributed by atoms with Gasteiger partial charge in [-0.05, 0) is 37.5 Å². The van der Waals surface area contributed by atoms with E-state index in [-0.39, 0.29) is 6.10 Å². The standard InChI is InChI=1S/C19H25NO2/c1-3-4-9-18(21)14-20(15-19-10-6-11-22-19)13-17-8-5-7-16(2)12-17/h3,5-8,10-12,18,21H,1,4,9,13-15H2,2H3/t18-/m1/s1. The number of allylic oxidation sites excluding steroid dienone is 1. The number of aryl methyl sites for hydroxylation is 1. The normalized spacial score (nSPS) is 12.5. The highest BCUT2D eigenvalue weighted by molar-refractivity contribution is 5.22. The molecule has 118 valence electrons. The molecule has 1 aromatic heterocycles. The lowest BCUT2D eigenvalue weighted by molar-refractivity contribution is 0.0945. The van der Waals surface area contributed by atoms with E-state index >= 15 is 0 Å². The molecule has 0 aliphatic rings. The van der Waals surface area contributed by atoms with Crippen molar-refractivity contribution in [3.05, 3.63) is 72.2 Å². The van der Waals surface area contributed by atoms with Gasteiger partial charge in [-0.2, -0.15) is 0 Å². The van der Waals surface area contributed by atoms with E-state index in [1.807, 2.05) is 18.2 Å². The predicted molar refractivity (Wildman–Crippen MR) is 89.4 cm³/mol. The van der Waals surface area contributed by atoms with Crippen LogP contribution in [-0.2, 0) is 13.1 Å². The van der Waals surface area contributed by atoms with E-state index < -0.39 is 0 Å². The fraction of sp³-hybridized carbons (Fsp3) is 0.368. The Morgan fingerprint density at radius 2 is 2.14 bits per heavy atom. The summed E-state index contributed by atoms with van der Waals surface area (Å²) in [6.07, 6.45) is 4.76. The van der Waals surface area contributed by atoms with Gasteiger partial charge in [0, 0.05) is 13.1 Å². The number of benzene rings is 1. The summed E-state index contributed by atoms with van der Waals surface area (Å²) in [4.78, 5) is 2.22. The Labute approximate surface area is 132 Å². The van der Waals surface area contributed by atoms with Gasteiger partial charge >= 0.3 is 0 Å². The topological polar surface area (TPSA) is 36.6 Å². The minimum absolute atomic E-state index is 0.349. The summed E-state index contributed by atoms with van der Waals surface area (Å²) >= 11 is 0. The van der Waals surface area contributed by atoms with Crippen molar-refractivity contribution in [2.45, 2.75) is 39.0 Å². The highest BCUT2D eigenvalue weighted by Gasteiger charge is 2.14. The first-order valence-corrected chi connectivity index (χ1v) is 7.76. The Morgan fingerprint density at radius 3 is 2.82 bits per heavy atom. The van der Waals surface area contributed by atoms with Gasteiger partial charge < -0.3 is 9.52 Å². The Kier molecular flexibility index (Phi) is 6.44. The van der Waals surface area contributed by atoms with Gasteiger partial charge in [0.15, 0.2) is 0 Å². The second-order valence-electron chi connectivity index (χ2n) is 5.76. The molecule has 1 N–H and O–H groups in total. The molecular formula is C19H25NO2. The van der Waals surface area contributed by atoms with Crippen molar-refractivity contribution in [2.75, 3.05) is 6.54 Å². The minimum atomic E-state index is -0.349. The van der Waals surface area contributed by atoms with E-state index in [0.717, 1.165) is 25.1 Å². The van der Waals surface area contributed by atoms with Gasteiger partial charge in [-0.1, -0.05) is 35.9 Å². The van der Waals surface area contributed by atoms with Crippen LogP contribution in [-0.4, -0.2) is 22.7 Å². The van der Waals surface area contributed by atoms with E-state index in [9.17, 15) is 5.11 Å². The van der Waals surface area contributed by atoms with Crippen LogP contribution in [0.4, 0.5) is 0 Å². The molecule has 2 rings (SSSR count). The summed E-state index contributed by atoms with van der Waals surface area (Å²) in [5, 5.41) is 10.2. The molecule has 0 saturated carbocycles. The van der Waals surface area contributed by atoms with Gasteiger partial charge in [-0.25, -0.2) is 0 Å². The van der Waals surface area contributed by atoms with Crippen LogP contribution in [0.1, 0.15) is 29.7 Å². The number of furan rings is 1. The maximum Gasteiger partial charge on any atom is 0.117 e. The molecule has 0 fully saturated rings. The molecule has 3 nitrogen and oxygen atoms in total. The molecular weight excluding hydrogens is 274 g/mol. The number of aliphatic hydroxyl groups is 1. The highest BCUT2D eigenvalue weighted by Crippen LogP contribution is 2.13. The van der Waals surface area contributed by atoms with Crippen molar-refractivity contribution >= 4 is 0 Å². The monoisotopic (exact) mass is 299 g/mol. The molecule has 0 amide bonds. The van der Waals surface area contributed by atoms with Crippen molar-refractivity contribution in [1.82, 2.24) is 4.90 Å². The molecule has 0 bridgehead atoms. The van der Waals surface area contributed by atoms with Gasteiger partial charge in [0.25, 0.3) is 0 Å². The quantitative estimate of drug-likeness (QED) is 0.713. The molecule has 0 aliphatic carbocycles. The molecule has 2 aromatic rings. The maximum atomic E-state index is 10.2. The predicted octanol–water partition coefficient (Wildman–Crippen LogP) is 3.92. The van der Waals surface area contributed by atoms with Crippen LogP contribution < -0.4 is 0 Å². The Hall–Kier alpha value is -1.84. The lowest BCUT2D eigenvalue weighted by Crippen LogP contribution is -2.31. The van der Waals surface area contributed by atoms with E-state index in [1.165, 1.54) is 11.1 Å². The average molecular weight is 299 g/mol.